The van der Waals surface area contributed by atoms with Crippen LogP contribution in [0.4, 0.5) is 0 Å². The van der Waals surface area contributed by atoms with Gasteiger partial charge in [-0.25, -0.2) is 0 Å². The first-order valence-corrected chi connectivity index (χ1v) is 6.32. The molecule has 0 amide bonds. The van der Waals surface area contributed by atoms with E-state index in [9.17, 15) is 0 Å². The van der Waals surface area contributed by atoms with Gasteiger partial charge in [0, 0.05) is 38.1 Å². The Morgan fingerprint density at radius 2 is 2.24 bits per heavy atom. The number of aromatic nitrogens is 2. The van der Waals surface area contributed by atoms with E-state index in [0.29, 0.717) is 12.0 Å². The molecule has 0 saturated heterocycles. The van der Waals surface area contributed by atoms with Gasteiger partial charge < -0.3 is 10.1 Å². The van der Waals surface area contributed by atoms with Crippen LogP contribution in [0.25, 0.3) is 0 Å². The van der Waals surface area contributed by atoms with Crippen LogP contribution >= 0.6 is 0 Å². The van der Waals surface area contributed by atoms with Crippen LogP contribution in [-0.4, -0.2) is 30.0 Å². The van der Waals surface area contributed by atoms with Crippen molar-refractivity contribution in [3.8, 4) is 0 Å². The summed E-state index contributed by atoms with van der Waals surface area (Å²) in [5, 5.41) is 7.88. The molecule has 1 rings (SSSR count). The largest absolute Gasteiger partial charge is 0.385 e. The van der Waals surface area contributed by atoms with Crippen LogP contribution in [0.5, 0.6) is 0 Å². The Balaban J connectivity index is 2.81. The van der Waals surface area contributed by atoms with Crippen molar-refractivity contribution in [3.05, 3.63) is 17.5 Å². The Bertz CT molecular complexity index is 335. The predicted molar refractivity (Wildman–Crippen MR) is 70.0 cm³/mol. The molecule has 4 nitrogen and oxygen atoms in total. The topological polar surface area (TPSA) is 39.1 Å². The van der Waals surface area contributed by atoms with Gasteiger partial charge >= 0.3 is 0 Å². The summed E-state index contributed by atoms with van der Waals surface area (Å²) in [4.78, 5) is 0. The summed E-state index contributed by atoms with van der Waals surface area (Å²) in [7, 11) is 3.74. The predicted octanol–water partition coefficient (Wildman–Crippen LogP) is 2.05. The second kappa shape index (κ2) is 6.77. The number of nitrogens with zero attached hydrogens (tertiary/aromatic N) is 2. The highest BCUT2D eigenvalue weighted by molar-refractivity contribution is 5.21. The quantitative estimate of drug-likeness (QED) is 0.791. The van der Waals surface area contributed by atoms with E-state index in [2.05, 4.69) is 31.2 Å². The van der Waals surface area contributed by atoms with E-state index in [1.807, 2.05) is 17.9 Å². The summed E-state index contributed by atoms with van der Waals surface area (Å²) < 4.78 is 7.10. The molecule has 2 atom stereocenters. The van der Waals surface area contributed by atoms with E-state index in [4.69, 9.17) is 4.74 Å². The van der Waals surface area contributed by atoms with Crippen LogP contribution in [0.3, 0.4) is 0 Å². The van der Waals surface area contributed by atoms with Crippen molar-refractivity contribution in [3.63, 3.8) is 0 Å². The number of ether oxygens (including phenoxy) is 1. The van der Waals surface area contributed by atoms with Crippen molar-refractivity contribution in [1.29, 1.82) is 0 Å². The molecule has 0 aliphatic heterocycles. The Labute approximate surface area is 104 Å². The van der Waals surface area contributed by atoms with Crippen molar-refractivity contribution in [2.24, 2.45) is 13.0 Å². The summed E-state index contributed by atoms with van der Waals surface area (Å²) in [5.74, 6) is 0.540. The smallest absolute Gasteiger partial charge is 0.0540 e. The average Bonchev–Trinajstić information content (AvgIpc) is 2.64. The van der Waals surface area contributed by atoms with Gasteiger partial charge in [-0.3, -0.25) is 4.68 Å². The van der Waals surface area contributed by atoms with Crippen LogP contribution in [0.2, 0.25) is 0 Å². The molecule has 1 N–H and O–H groups in total. The van der Waals surface area contributed by atoms with Gasteiger partial charge in [0.2, 0.25) is 0 Å². The summed E-state index contributed by atoms with van der Waals surface area (Å²) in [6, 6.07) is 0.365. The second-order valence-electron chi connectivity index (χ2n) is 4.60. The van der Waals surface area contributed by atoms with Crippen LogP contribution in [0.1, 0.15) is 37.6 Å². The lowest BCUT2D eigenvalue weighted by Gasteiger charge is -2.24. The Hall–Kier alpha value is -0.870. The lowest BCUT2D eigenvalue weighted by atomic mass is 9.92. The van der Waals surface area contributed by atoms with E-state index in [-0.39, 0.29) is 0 Å². The fourth-order valence-electron chi connectivity index (χ4n) is 2.13. The second-order valence-corrected chi connectivity index (χ2v) is 4.60. The minimum absolute atomic E-state index is 0.365. The molecule has 2 unspecified atom stereocenters. The molecule has 0 radical (unpaired) electrons. The van der Waals surface area contributed by atoms with Crippen LogP contribution < -0.4 is 5.32 Å². The molecule has 0 aromatic carbocycles. The minimum Gasteiger partial charge on any atom is -0.385 e. The molecule has 0 fully saturated rings. The van der Waals surface area contributed by atoms with Crippen molar-refractivity contribution < 1.29 is 4.74 Å². The van der Waals surface area contributed by atoms with Crippen LogP contribution in [0, 0.1) is 12.8 Å². The van der Waals surface area contributed by atoms with E-state index >= 15 is 0 Å². The summed E-state index contributed by atoms with van der Waals surface area (Å²) >= 11 is 0. The first-order valence-electron chi connectivity index (χ1n) is 6.32. The molecule has 17 heavy (non-hydrogen) atoms. The molecule has 1 heterocycles. The summed E-state index contributed by atoms with van der Waals surface area (Å²) in [6.07, 6.45) is 3.04. The maximum atomic E-state index is 5.16. The number of hydrogen-bond donors (Lipinski definition) is 1. The zero-order chi connectivity index (χ0) is 12.8. The zero-order valence-electron chi connectivity index (χ0n) is 11.7. The van der Waals surface area contributed by atoms with Crippen molar-refractivity contribution in [1.82, 2.24) is 15.1 Å². The van der Waals surface area contributed by atoms with E-state index in [1.54, 1.807) is 7.11 Å². The molecule has 0 spiro atoms. The van der Waals surface area contributed by atoms with E-state index in [1.165, 1.54) is 11.3 Å². The number of rotatable bonds is 7. The SMILES string of the molecule is CCNC(c1cnn(C)c1C)C(C)CCOC. The van der Waals surface area contributed by atoms with Gasteiger partial charge in [0.25, 0.3) is 0 Å². The number of aryl methyl sites for hydroxylation is 1. The lowest BCUT2D eigenvalue weighted by Crippen LogP contribution is -2.28. The normalized spacial score (nSPS) is 14.9. The molecule has 0 aliphatic rings. The van der Waals surface area contributed by atoms with Gasteiger partial charge in [-0.1, -0.05) is 13.8 Å². The monoisotopic (exact) mass is 239 g/mol. The van der Waals surface area contributed by atoms with Gasteiger partial charge in [0.05, 0.1) is 6.20 Å². The van der Waals surface area contributed by atoms with Crippen molar-refractivity contribution >= 4 is 0 Å². The highest BCUT2D eigenvalue weighted by Gasteiger charge is 2.21. The third-order valence-electron chi connectivity index (χ3n) is 3.38. The van der Waals surface area contributed by atoms with E-state index in [0.717, 1.165) is 19.6 Å². The molecule has 98 valence electrons. The highest BCUT2D eigenvalue weighted by Crippen LogP contribution is 2.26. The Morgan fingerprint density at radius 3 is 2.71 bits per heavy atom. The molecule has 0 aliphatic carbocycles. The van der Waals surface area contributed by atoms with Gasteiger partial charge in [0.1, 0.15) is 0 Å². The average molecular weight is 239 g/mol. The Morgan fingerprint density at radius 1 is 1.53 bits per heavy atom. The molecule has 0 bridgehead atoms. The fraction of sp³-hybridized carbons (Fsp3) is 0.769. The molecule has 0 saturated carbocycles. The fourth-order valence-corrected chi connectivity index (χ4v) is 2.13. The zero-order valence-corrected chi connectivity index (χ0v) is 11.7. The van der Waals surface area contributed by atoms with Gasteiger partial charge in [0.15, 0.2) is 0 Å². The molecular formula is C13H25N3O. The van der Waals surface area contributed by atoms with Crippen LogP contribution in [-0.2, 0) is 11.8 Å². The standard InChI is InChI=1S/C13H25N3O/c1-6-14-13(10(2)7-8-17-5)12-9-15-16(4)11(12)3/h9-10,13-14H,6-8H2,1-5H3. The Kier molecular flexibility index (Phi) is 5.65. The maximum absolute atomic E-state index is 5.16. The maximum Gasteiger partial charge on any atom is 0.0540 e. The minimum atomic E-state index is 0.365. The third kappa shape index (κ3) is 3.54. The first-order chi connectivity index (χ1) is 8.11. The highest BCUT2D eigenvalue weighted by atomic mass is 16.5. The van der Waals surface area contributed by atoms with Crippen LogP contribution in [0.15, 0.2) is 6.20 Å². The van der Waals surface area contributed by atoms with Gasteiger partial charge in [-0.05, 0) is 25.8 Å². The summed E-state index contributed by atoms with van der Waals surface area (Å²) in [6.45, 7) is 8.30. The van der Waals surface area contributed by atoms with Crippen molar-refractivity contribution in [2.45, 2.75) is 33.2 Å². The molecule has 1 aromatic heterocycles. The molecular weight excluding hydrogens is 214 g/mol. The van der Waals surface area contributed by atoms with E-state index < -0.39 is 0 Å². The lowest BCUT2D eigenvalue weighted by molar-refractivity contribution is 0.170. The number of nitrogens with one attached hydrogen (secondary N) is 1. The van der Waals surface area contributed by atoms with Crippen molar-refractivity contribution in [2.75, 3.05) is 20.3 Å². The van der Waals surface area contributed by atoms with Gasteiger partial charge in [-0.15, -0.1) is 0 Å². The van der Waals surface area contributed by atoms with Gasteiger partial charge in [-0.2, -0.15) is 5.10 Å². The number of methoxy groups -OCH3 is 1. The number of hydrogen-bond acceptors (Lipinski definition) is 3. The molecule has 1 aromatic rings. The third-order valence-corrected chi connectivity index (χ3v) is 3.38. The first kappa shape index (κ1) is 14.2. The molecule has 4 heteroatoms. The summed E-state index contributed by atoms with van der Waals surface area (Å²) in [5.41, 5.74) is 2.54.